The van der Waals surface area contributed by atoms with Crippen LogP contribution in [0.5, 0.6) is 0 Å². The van der Waals surface area contributed by atoms with Crippen LogP contribution in [0.25, 0.3) is 0 Å². The highest BCUT2D eigenvalue weighted by molar-refractivity contribution is 6.03. The van der Waals surface area contributed by atoms with Gasteiger partial charge >= 0.3 is 12.2 Å². The number of halogens is 3. The van der Waals surface area contributed by atoms with Crippen molar-refractivity contribution in [3.63, 3.8) is 0 Å². The first kappa shape index (κ1) is 25.0. The normalized spacial score (nSPS) is 18.6. The van der Waals surface area contributed by atoms with Gasteiger partial charge in [0, 0.05) is 12.7 Å². The first-order valence-corrected chi connectivity index (χ1v) is 11.2. The van der Waals surface area contributed by atoms with Gasteiger partial charge in [-0.25, -0.2) is 4.79 Å². The number of carbonyl (C=O) groups is 3. The van der Waals surface area contributed by atoms with E-state index in [1.807, 2.05) is 0 Å². The number of aromatic nitrogens is 1. The molecular formula is C25H24F3N5O3. The molecule has 4 amide bonds. The summed E-state index contributed by atoms with van der Waals surface area (Å²) in [6, 6.07) is 7.12. The molecule has 0 bridgehead atoms. The first-order chi connectivity index (χ1) is 17.1. The summed E-state index contributed by atoms with van der Waals surface area (Å²) < 4.78 is 41.3. The zero-order valence-corrected chi connectivity index (χ0v) is 19.4. The number of nitrogens with zero attached hydrogens (tertiary/aromatic N) is 3. The van der Waals surface area contributed by atoms with Crippen LogP contribution in [-0.4, -0.2) is 51.8 Å². The average molecular weight is 499 g/mol. The SMILES string of the molecule is C=CCN1C(=O)NC(c2ccccc2C(F)(F)F)C2=C1CN(C(C)C(=O)NCc1ccccn1)C2=O. The molecule has 2 aliphatic heterocycles. The van der Waals surface area contributed by atoms with Gasteiger partial charge in [-0.3, -0.25) is 19.5 Å². The molecule has 8 nitrogen and oxygen atoms in total. The zero-order chi connectivity index (χ0) is 26.0. The standard InChI is InChI=1S/C25H24F3N5O3/c1-3-12-32-19-14-33(15(2)22(34)30-13-16-8-6-7-11-29-16)23(35)20(19)21(31-24(32)36)17-9-4-5-10-18(17)25(26,27)28/h3-11,15,21H,1,12-14H2,2H3,(H,30,34)(H,31,36). The molecule has 1 aromatic heterocycles. The lowest BCUT2D eigenvalue weighted by atomic mass is 9.91. The molecule has 2 unspecified atom stereocenters. The predicted molar refractivity (Wildman–Crippen MR) is 124 cm³/mol. The van der Waals surface area contributed by atoms with E-state index >= 15 is 0 Å². The van der Waals surface area contributed by atoms with Gasteiger partial charge in [0.1, 0.15) is 6.04 Å². The monoisotopic (exact) mass is 499 g/mol. The van der Waals surface area contributed by atoms with Crippen LogP contribution in [0.1, 0.15) is 29.8 Å². The summed E-state index contributed by atoms with van der Waals surface area (Å²) in [5.74, 6) is -1.09. The molecule has 2 N–H and O–H groups in total. The van der Waals surface area contributed by atoms with E-state index in [-0.39, 0.29) is 36.5 Å². The number of amides is 4. The summed E-state index contributed by atoms with van der Waals surface area (Å²) in [6.45, 7) is 5.21. The van der Waals surface area contributed by atoms with Crippen LogP contribution in [0.2, 0.25) is 0 Å². The molecule has 36 heavy (non-hydrogen) atoms. The number of urea groups is 1. The van der Waals surface area contributed by atoms with Gasteiger partial charge in [0.2, 0.25) is 5.91 Å². The average Bonchev–Trinajstić information content (AvgIpc) is 3.20. The van der Waals surface area contributed by atoms with E-state index in [4.69, 9.17) is 0 Å². The molecule has 2 atom stereocenters. The largest absolute Gasteiger partial charge is 0.416 e. The highest BCUT2D eigenvalue weighted by Gasteiger charge is 2.48. The Bertz CT molecular complexity index is 1230. The Morgan fingerprint density at radius 1 is 1.25 bits per heavy atom. The number of rotatable bonds is 7. The van der Waals surface area contributed by atoms with Crippen molar-refractivity contribution in [1.29, 1.82) is 0 Å². The third-order valence-electron chi connectivity index (χ3n) is 6.16. The Morgan fingerprint density at radius 2 is 1.97 bits per heavy atom. The Labute approximate surface area is 205 Å². The van der Waals surface area contributed by atoms with Gasteiger partial charge in [0.15, 0.2) is 0 Å². The van der Waals surface area contributed by atoms with Gasteiger partial charge in [-0.2, -0.15) is 13.2 Å². The van der Waals surface area contributed by atoms with Gasteiger partial charge in [-0.15, -0.1) is 6.58 Å². The fraction of sp³-hybridized carbons (Fsp3) is 0.280. The number of alkyl halides is 3. The fourth-order valence-electron chi connectivity index (χ4n) is 4.36. The lowest BCUT2D eigenvalue weighted by Gasteiger charge is -2.33. The summed E-state index contributed by atoms with van der Waals surface area (Å²) in [5, 5.41) is 5.26. The smallest absolute Gasteiger partial charge is 0.349 e. The maximum Gasteiger partial charge on any atom is 0.416 e. The van der Waals surface area contributed by atoms with Crippen molar-refractivity contribution in [2.24, 2.45) is 0 Å². The van der Waals surface area contributed by atoms with Crippen molar-refractivity contribution in [2.75, 3.05) is 13.1 Å². The molecule has 0 spiro atoms. The zero-order valence-electron chi connectivity index (χ0n) is 19.4. The molecular weight excluding hydrogens is 475 g/mol. The third-order valence-corrected chi connectivity index (χ3v) is 6.16. The van der Waals surface area contributed by atoms with E-state index < -0.39 is 41.7 Å². The van der Waals surface area contributed by atoms with Crippen LogP contribution in [0, 0.1) is 0 Å². The Hall–Kier alpha value is -4.15. The highest BCUT2D eigenvalue weighted by atomic mass is 19.4. The second-order valence-corrected chi connectivity index (χ2v) is 8.38. The summed E-state index contributed by atoms with van der Waals surface area (Å²) in [7, 11) is 0. The second kappa shape index (κ2) is 9.84. The van der Waals surface area contributed by atoms with Gasteiger partial charge in [0.25, 0.3) is 5.91 Å². The maximum absolute atomic E-state index is 13.8. The van der Waals surface area contributed by atoms with E-state index in [9.17, 15) is 27.6 Å². The van der Waals surface area contributed by atoms with E-state index in [0.717, 1.165) is 6.07 Å². The topological polar surface area (TPSA) is 94.6 Å². The number of hydrogen-bond donors (Lipinski definition) is 2. The van der Waals surface area contributed by atoms with Crippen LogP contribution in [0.4, 0.5) is 18.0 Å². The van der Waals surface area contributed by atoms with Crippen LogP contribution < -0.4 is 10.6 Å². The molecule has 0 radical (unpaired) electrons. The molecule has 2 aromatic rings. The Balaban J connectivity index is 1.65. The van der Waals surface area contributed by atoms with Crippen molar-refractivity contribution >= 4 is 17.8 Å². The van der Waals surface area contributed by atoms with Gasteiger partial charge in [-0.05, 0) is 30.7 Å². The minimum absolute atomic E-state index is 0.00229. The number of carbonyl (C=O) groups excluding carboxylic acids is 3. The summed E-state index contributed by atoms with van der Waals surface area (Å²) >= 11 is 0. The number of nitrogens with one attached hydrogen (secondary N) is 2. The summed E-state index contributed by atoms with van der Waals surface area (Å²) in [4.78, 5) is 45.9. The molecule has 1 aromatic carbocycles. The van der Waals surface area contributed by atoms with Crippen molar-refractivity contribution in [3.8, 4) is 0 Å². The van der Waals surface area contributed by atoms with Gasteiger partial charge in [0.05, 0.1) is 41.7 Å². The molecule has 11 heteroatoms. The molecule has 188 valence electrons. The summed E-state index contributed by atoms with van der Waals surface area (Å²) in [6.07, 6.45) is -1.66. The van der Waals surface area contributed by atoms with E-state index in [1.54, 1.807) is 24.4 Å². The van der Waals surface area contributed by atoms with E-state index in [2.05, 4.69) is 22.2 Å². The van der Waals surface area contributed by atoms with E-state index in [1.165, 1.54) is 41.0 Å². The number of benzene rings is 1. The van der Waals surface area contributed by atoms with E-state index in [0.29, 0.717) is 5.69 Å². The van der Waals surface area contributed by atoms with Gasteiger partial charge < -0.3 is 15.5 Å². The molecule has 0 saturated heterocycles. The Kier molecular flexibility index (Phi) is 6.82. The predicted octanol–water partition coefficient (Wildman–Crippen LogP) is 3.15. The van der Waals surface area contributed by atoms with Crippen LogP contribution in [0.15, 0.2) is 72.6 Å². The Morgan fingerprint density at radius 3 is 2.64 bits per heavy atom. The van der Waals surface area contributed by atoms with Crippen LogP contribution >= 0.6 is 0 Å². The van der Waals surface area contributed by atoms with Crippen LogP contribution in [0.3, 0.4) is 0 Å². The molecule has 4 rings (SSSR count). The minimum Gasteiger partial charge on any atom is -0.349 e. The van der Waals surface area contributed by atoms with Crippen molar-refractivity contribution < 1.29 is 27.6 Å². The number of hydrogen-bond acceptors (Lipinski definition) is 4. The third kappa shape index (κ3) is 4.68. The lowest BCUT2D eigenvalue weighted by molar-refractivity contribution is -0.138. The minimum atomic E-state index is -4.69. The first-order valence-electron chi connectivity index (χ1n) is 11.2. The van der Waals surface area contributed by atoms with Crippen molar-refractivity contribution in [1.82, 2.24) is 25.4 Å². The molecule has 3 heterocycles. The molecule has 0 aliphatic carbocycles. The quantitative estimate of drug-likeness (QED) is 0.573. The van der Waals surface area contributed by atoms with Gasteiger partial charge in [-0.1, -0.05) is 30.3 Å². The highest BCUT2D eigenvalue weighted by Crippen LogP contribution is 2.41. The molecule has 2 aliphatic rings. The number of pyridine rings is 1. The molecule has 0 saturated carbocycles. The second-order valence-electron chi connectivity index (χ2n) is 8.38. The summed E-state index contributed by atoms with van der Waals surface area (Å²) in [5.41, 5.74) is -0.329. The van der Waals surface area contributed by atoms with Crippen molar-refractivity contribution in [3.05, 3.63) is 89.4 Å². The maximum atomic E-state index is 13.8. The fourth-order valence-corrected chi connectivity index (χ4v) is 4.36. The van der Waals surface area contributed by atoms with Crippen LogP contribution in [-0.2, 0) is 22.3 Å². The molecule has 0 fully saturated rings. The lowest BCUT2D eigenvalue weighted by Crippen LogP contribution is -2.47. The van der Waals surface area contributed by atoms with Crippen molar-refractivity contribution in [2.45, 2.75) is 31.7 Å².